The van der Waals surface area contributed by atoms with Crippen molar-refractivity contribution in [3.8, 4) is 11.5 Å². The fourth-order valence-corrected chi connectivity index (χ4v) is 2.27. The SMILES string of the molecule is Cc1ccc(Oc2ccc(C(C)(C)C)cc2)c(CCl)c1. The van der Waals surface area contributed by atoms with Crippen LogP contribution in [0.15, 0.2) is 42.5 Å². The van der Waals surface area contributed by atoms with E-state index in [1.807, 2.05) is 24.3 Å². The molecule has 0 atom stereocenters. The lowest BCUT2D eigenvalue weighted by molar-refractivity contribution is 0.477. The Morgan fingerprint density at radius 2 is 1.65 bits per heavy atom. The van der Waals surface area contributed by atoms with Crippen molar-refractivity contribution in [3.63, 3.8) is 0 Å². The van der Waals surface area contributed by atoms with Gasteiger partial charge in [-0.05, 0) is 36.1 Å². The molecule has 0 unspecified atom stereocenters. The molecule has 2 aromatic rings. The summed E-state index contributed by atoms with van der Waals surface area (Å²) in [4.78, 5) is 0. The Balaban J connectivity index is 2.22. The van der Waals surface area contributed by atoms with E-state index in [1.165, 1.54) is 11.1 Å². The van der Waals surface area contributed by atoms with Gasteiger partial charge in [0.1, 0.15) is 11.5 Å². The molecule has 0 saturated carbocycles. The minimum Gasteiger partial charge on any atom is -0.457 e. The number of alkyl halides is 1. The molecule has 0 spiro atoms. The van der Waals surface area contributed by atoms with Gasteiger partial charge in [0.25, 0.3) is 0 Å². The van der Waals surface area contributed by atoms with Crippen molar-refractivity contribution in [3.05, 3.63) is 59.2 Å². The average molecular weight is 289 g/mol. The first-order valence-electron chi connectivity index (χ1n) is 6.84. The van der Waals surface area contributed by atoms with Crippen LogP contribution in [-0.2, 0) is 11.3 Å². The van der Waals surface area contributed by atoms with Gasteiger partial charge in [0.2, 0.25) is 0 Å². The number of hydrogen-bond donors (Lipinski definition) is 0. The number of benzene rings is 2. The normalized spacial score (nSPS) is 11.4. The Labute approximate surface area is 126 Å². The third-order valence-corrected chi connectivity index (χ3v) is 3.60. The minimum atomic E-state index is 0.156. The molecule has 0 saturated heterocycles. The molecule has 2 heteroatoms. The molecule has 0 aliphatic carbocycles. The van der Waals surface area contributed by atoms with Crippen LogP contribution in [0.3, 0.4) is 0 Å². The van der Waals surface area contributed by atoms with Crippen molar-refractivity contribution >= 4 is 11.6 Å². The molecule has 2 aromatic carbocycles. The predicted molar refractivity (Wildman–Crippen MR) is 86.0 cm³/mol. The molecule has 0 aliphatic rings. The second-order valence-electron chi connectivity index (χ2n) is 6.12. The third kappa shape index (κ3) is 3.55. The lowest BCUT2D eigenvalue weighted by Crippen LogP contribution is -2.10. The summed E-state index contributed by atoms with van der Waals surface area (Å²) < 4.78 is 5.94. The molecule has 0 fully saturated rings. The zero-order chi connectivity index (χ0) is 14.8. The van der Waals surface area contributed by atoms with Crippen LogP contribution in [0, 0.1) is 6.92 Å². The van der Waals surface area contributed by atoms with Crippen molar-refractivity contribution in [1.82, 2.24) is 0 Å². The fraction of sp³-hybridized carbons (Fsp3) is 0.333. The highest BCUT2D eigenvalue weighted by Gasteiger charge is 2.13. The van der Waals surface area contributed by atoms with E-state index in [0.717, 1.165) is 17.1 Å². The maximum atomic E-state index is 5.98. The molecule has 0 radical (unpaired) electrons. The monoisotopic (exact) mass is 288 g/mol. The topological polar surface area (TPSA) is 9.23 Å². The first-order valence-corrected chi connectivity index (χ1v) is 7.37. The van der Waals surface area contributed by atoms with Crippen molar-refractivity contribution in [2.24, 2.45) is 0 Å². The van der Waals surface area contributed by atoms with Gasteiger partial charge in [-0.3, -0.25) is 0 Å². The minimum absolute atomic E-state index is 0.156. The lowest BCUT2D eigenvalue weighted by atomic mass is 9.87. The number of ether oxygens (including phenoxy) is 1. The second kappa shape index (κ2) is 5.88. The lowest BCUT2D eigenvalue weighted by Gasteiger charge is -2.19. The fourth-order valence-electron chi connectivity index (χ4n) is 2.06. The highest BCUT2D eigenvalue weighted by atomic mass is 35.5. The van der Waals surface area contributed by atoms with Gasteiger partial charge in [0.15, 0.2) is 0 Å². The maximum absolute atomic E-state index is 5.98. The molecule has 0 N–H and O–H groups in total. The average Bonchev–Trinajstić information content (AvgIpc) is 2.40. The van der Waals surface area contributed by atoms with Crippen molar-refractivity contribution in [2.75, 3.05) is 0 Å². The Kier molecular flexibility index (Phi) is 4.39. The van der Waals surface area contributed by atoms with Crippen molar-refractivity contribution in [1.29, 1.82) is 0 Å². The molecule has 20 heavy (non-hydrogen) atoms. The van der Waals surface area contributed by atoms with Crippen LogP contribution >= 0.6 is 11.6 Å². The Bertz CT molecular complexity index is 579. The van der Waals surface area contributed by atoms with Crippen LogP contribution < -0.4 is 4.74 Å². The van der Waals surface area contributed by atoms with E-state index in [0.29, 0.717) is 5.88 Å². The summed E-state index contributed by atoms with van der Waals surface area (Å²) >= 11 is 5.98. The van der Waals surface area contributed by atoms with E-state index >= 15 is 0 Å². The quantitative estimate of drug-likeness (QED) is 0.646. The Morgan fingerprint density at radius 3 is 2.20 bits per heavy atom. The van der Waals surface area contributed by atoms with Gasteiger partial charge in [-0.15, -0.1) is 11.6 Å². The van der Waals surface area contributed by atoms with Gasteiger partial charge in [-0.25, -0.2) is 0 Å². The van der Waals surface area contributed by atoms with E-state index in [2.05, 4.69) is 45.9 Å². The zero-order valence-corrected chi connectivity index (χ0v) is 13.3. The summed E-state index contributed by atoms with van der Waals surface area (Å²) in [5.41, 5.74) is 3.66. The summed E-state index contributed by atoms with van der Waals surface area (Å²) in [6.45, 7) is 8.66. The number of aryl methyl sites for hydroxylation is 1. The molecule has 0 aromatic heterocycles. The highest BCUT2D eigenvalue weighted by molar-refractivity contribution is 6.17. The Morgan fingerprint density at radius 1 is 1.00 bits per heavy atom. The van der Waals surface area contributed by atoms with E-state index in [9.17, 15) is 0 Å². The van der Waals surface area contributed by atoms with Gasteiger partial charge in [0, 0.05) is 5.56 Å². The number of rotatable bonds is 3. The van der Waals surface area contributed by atoms with E-state index in [1.54, 1.807) is 0 Å². The molecule has 0 bridgehead atoms. The van der Waals surface area contributed by atoms with Crippen molar-refractivity contribution < 1.29 is 4.74 Å². The maximum Gasteiger partial charge on any atom is 0.131 e. The molecule has 106 valence electrons. The highest BCUT2D eigenvalue weighted by Crippen LogP contribution is 2.29. The van der Waals surface area contributed by atoms with Crippen LogP contribution in [0.1, 0.15) is 37.5 Å². The molecule has 2 rings (SSSR count). The molecule has 0 aliphatic heterocycles. The first kappa shape index (κ1) is 14.9. The van der Waals surface area contributed by atoms with Crippen LogP contribution in [0.5, 0.6) is 11.5 Å². The Hall–Kier alpha value is -1.47. The summed E-state index contributed by atoms with van der Waals surface area (Å²) in [5.74, 6) is 2.12. The molecule has 0 amide bonds. The summed E-state index contributed by atoms with van der Waals surface area (Å²) in [6.07, 6.45) is 0. The summed E-state index contributed by atoms with van der Waals surface area (Å²) in [6, 6.07) is 14.3. The van der Waals surface area contributed by atoms with Gasteiger partial charge in [-0.2, -0.15) is 0 Å². The predicted octanol–water partition coefficient (Wildman–Crippen LogP) is 5.82. The smallest absolute Gasteiger partial charge is 0.131 e. The van der Waals surface area contributed by atoms with Crippen LogP contribution in [0.4, 0.5) is 0 Å². The number of halogens is 1. The van der Waals surface area contributed by atoms with Gasteiger partial charge in [0.05, 0.1) is 5.88 Å². The largest absolute Gasteiger partial charge is 0.457 e. The van der Waals surface area contributed by atoms with Crippen LogP contribution in [-0.4, -0.2) is 0 Å². The molecular formula is C18H21ClO. The van der Waals surface area contributed by atoms with Crippen LogP contribution in [0.2, 0.25) is 0 Å². The molecule has 0 heterocycles. The van der Waals surface area contributed by atoms with Gasteiger partial charge in [-0.1, -0.05) is 50.6 Å². The van der Waals surface area contributed by atoms with Crippen molar-refractivity contribution in [2.45, 2.75) is 39.0 Å². The zero-order valence-electron chi connectivity index (χ0n) is 12.5. The second-order valence-corrected chi connectivity index (χ2v) is 6.39. The first-order chi connectivity index (χ1) is 9.40. The third-order valence-electron chi connectivity index (χ3n) is 3.31. The van der Waals surface area contributed by atoms with Gasteiger partial charge >= 0.3 is 0 Å². The van der Waals surface area contributed by atoms with Gasteiger partial charge < -0.3 is 4.74 Å². The standard InChI is InChI=1S/C18H21ClO/c1-13-5-10-17(14(11-13)12-19)20-16-8-6-15(7-9-16)18(2,3)4/h5-11H,12H2,1-4H3. The molecule has 1 nitrogen and oxygen atoms in total. The van der Waals surface area contributed by atoms with E-state index in [-0.39, 0.29) is 5.41 Å². The molecular weight excluding hydrogens is 268 g/mol. The number of hydrogen-bond acceptors (Lipinski definition) is 1. The van der Waals surface area contributed by atoms with E-state index in [4.69, 9.17) is 16.3 Å². The van der Waals surface area contributed by atoms with E-state index < -0.39 is 0 Å². The van der Waals surface area contributed by atoms with Crippen LogP contribution in [0.25, 0.3) is 0 Å². The summed E-state index contributed by atoms with van der Waals surface area (Å²) in [7, 11) is 0. The summed E-state index contributed by atoms with van der Waals surface area (Å²) in [5, 5.41) is 0.